The Kier molecular flexibility index (Phi) is 6.05. The Morgan fingerprint density at radius 3 is 2.33 bits per heavy atom. The van der Waals surface area contributed by atoms with Crippen LogP contribution in [0.1, 0.15) is 19.3 Å². The molecule has 5 nitrogen and oxygen atoms in total. The lowest BCUT2D eigenvalue weighted by atomic mass is 9.80. The third-order valence-electron chi connectivity index (χ3n) is 3.62. The van der Waals surface area contributed by atoms with E-state index in [1.165, 1.54) is 0 Å². The minimum absolute atomic E-state index is 0.567. The molecule has 0 unspecified atom stereocenters. The molecule has 5 heteroatoms. The Hall–Kier alpha value is -0.650. The van der Waals surface area contributed by atoms with E-state index < -0.39 is 11.4 Å². The maximum absolute atomic E-state index is 11.5. The molecule has 0 aromatic rings. The third-order valence-corrected chi connectivity index (χ3v) is 3.62. The van der Waals surface area contributed by atoms with E-state index in [9.17, 15) is 9.90 Å². The second kappa shape index (κ2) is 7.07. The highest BCUT2D eigenvalue weighted by atomic mass is 16.5. The SMILES string of the molecule is CN(C)CCCN(C)CC1(C(=O)O)CCOCC1. The first-order valence-corrected chi connectivity index (χ1v) is 6.61. The summed E-state index contributed by atoms with van der Waals surface area (Å²) in [5, 5.41) is 9.46. The van der Waals surface area contributed by atoms with E-state index in [0.717, 1.165) is 19.5 Å². The van der Waals surface area contributed by atoms with Crippen molar-refractivity contribution in [1.82, 2.24) is 9.80 Å². The van der Waals surface area contributed by atoms with E-state index >= 15 is 0 Å². The molecule has 0 aliphatic carbocycles. The fraction of sp³-hybridized carbons (Fsp3) is 0.923. The fourth-order valence-corrected chi connectivity index (χ4v) is 2.45. The van der Waals surface area contributed by atoms with Crippen molar-refractivity contribution in [3.8, 4) is 0 Å². The molecule has 1 heterocycles. The number of aliphatic carboxylic acids is 1. The lowest BCUT2D eigenvalue weighted by Gasteiger charge is -2.36. The predicted octanol–water partition coefficient (Wildman–Crippen LogP) is 0.751. The summed E-state index contributed by atoms with van der Waals surface area (Å²) in [5.41, 5.74) is -0.606. The quantitative estimate of drug-likeness (QED) is 0.730. The van der Waals surface area contributed by atoms with Gasteiger partial charge in [-0.15, -0.1) is 0 Å². The lowest BCUT2D eigenvalue weighted by Crippen LogP contribution is -2.46. The minimum atomic E-state index is -0.676. The van der Waals surface area contributed by atoms with Crippen LogP contribution in [0.4, 0.5) is 0 Å². The number of rotatable bonds is 7. The van der Waals surface area contributed by atoms with Crippen LogP contribution in [-0.2, 0) is 9.53 Å². The molecule has 1 rings (SSSR count). The third kappa shape index (κ3) is 4.55. The Labute approximate surface area is 110 Å². The van der Waals surface area contributed by atoms with Gasteiger partial charge < -0.3 is 19.6 Å². The molecule has 1 saturated heterocycles. The molecule has 0 amide bonds. The van der Waals surface area contributed by atoms with Crippen molar-refractivity contribution < 1.29 is 14.6 Å². The van der Waals surface area contributed by atoms with Crippen molar-refractivity contribution in [1.29, 1.82) is 0 Å². The molecule has 0 radical (unpaired) electrons. The molecular weight excluding hydrogens is 232 g/mol. The molecule has 0 bridgehead atoms. The van der Waals surface area contributed by atoms with Gasteiger partial charge in [-0.05, 0) is 53.5 Å². The predicted molar refractivity (Wildman–Crippen MR) is 70.8 cm³/mol. The average molecular weight is 258 g/mol. The van der Waals surface area contributed by atoms with Crippen LogP contribution in [0.15, 0.2) is 0 Å². The summed E-state index contributed by atoms with van der Waals surface area (Å²) in [4.78, 5) is 15.8. The van der Waals surface area contributed by atoms with Crippen molar-refractivity contribution in [2.75, 3.05) is 54.0 Å². The number of carboxylic acid groups (broad SMARTS) is 1. The van der Waals surface area contributed by atoms with Crippen molar-refractivity contribution >= 4 is 5.97 Å². The highest BCUT2D eigenvalue weighted by Gasteiger charge is 2.40. The summed E-state index contributed by atoms with van der Waals surface area (Å²) < 4.78 is 5.28. The summed E-state index contributed by atoms with van der Waals surface area (Å²) in [6, 6.07) is 0. The first kappa shape index (κ1) is 15.4. The highest BCUT2D eigenvalue weighted by Crippen LogP contribution is 2.31. The van der Waals surface area contributed by atoms with Crippen LogP contribution in [0.3, 0.4) is 0 Å². The van der Waals surface area contributed by atoms with Gasteiger partial charge in [0.2, 0.25) is 0 Å². The molecule has 0 atom stereocenters. The van der Waals surface area contributed by atoms with Crippen LogP contribution in [-0.4, -0.2) is 74.9 Å². The summed E-state index contributed by atoms with van der Waals surface area (Å²) in [7, 11) is 6.12. The van der Waals surface area contributed by atoms with Gasteiger partial charge in [0, 0.05) is 19.8 Å². The maximum Gasteiger partial charge on any atom is 0.311 e. The van der Waals surface area contributed by atoms with Crippen LogP contribution >= 0.6 is 0 Å². The molecule has 1 aliphatic rings. The topological polar surface area (TPSA) is 53.0 Å². The van der Waals surface area contributed by atoms with Gasteiger partial charge >= 0.3 is 5.97 Å². The number of nitrogens with zero attached hydrogens (tertiary/aromatic N) is 2. The number of ether oxygens (including phenoxy) is 1. The van der Waals surface area contributed by atoms with Crippen LogP contribution in [0.5, 0.6) is 0 Å². The lowest BCUT2D eigenvalue weighted by molar-refractivity contribution is -0.156. The molecule has 1 fully saturated rings. The molecule has 0 aromatic heterocycles. The largest absolute Gasteiger partial charge is 0.481 e. The number of hydrogen-bond acceptors (Lipinski definition) is 4. The van der Waals surface area contributed by atoms with E-state index in [4.69, 9.17) is 4.74 Å². The molecule has 0 saturated carbocycles. The van der Waals surface area contributed by atoms with Crippen molar-refractivity contribution in [3.05, 3.63) is 0 Å². The van der Waals surface area contributed by atoms with E-state index in [2.05, 4.69) is 23.9 Å². The zero-order valence-corrected chi connectivity index (χ0v) is 11.8. The Balaban J connectivity index is 2.43. The second-order valence-electron chi connectivity index (χ2n) is 5.59. The molecule has 0 spiro atoms. The van der Waals surface area contributed by atoms with E-state index in [0.29, 0.717) is 32.6 Å². The normalized spacial score (nSPS) is 19.4. The van der Waals surface area contributed by atoms with Crippen LogP contribution in [0.2, 0.25) is 0 Å². The van der Waals surface area contributed by atoms with Gasteiger partial charge in [0.25, 0.3) is 0 Å². The van der Waals surface area contributed by atoms with E-state index in [-0.39, 0.29) is 0 Å². The van der Waals surface area contributed by atoms with Crippen molar-refractivity contribution in [3.63, 3.8) is 0 Å². The van der Waals surface area contributed by atoms with Gasteiger partial charge in [-0.2, -0.15) is 0 Å². The first-order chi connectivity index (χ1) is 8.46. The molecule has 106 valence electrons. The second-order valence-corrected chi connectivity index (χ2v) is 5.59. The van der Waals surface area contributed by atoms with Gasteiger partial charge in [0.15, 0.2) is 0 Å². The van der Waals surface area contributed by atoms with E-state index in [1.807, 2.05) is 7.05 Å². The van der Waals surface area contributed by atoms with Gasteiger partial charge in [0.05, 0.1) is 5.41 Å². The molecule has 1 aliphatic heterocycles. The van der Waals surface area contributed by atoms with Gasteiger partial charge in [-0.3, -0.25) is 4.79 Å². The van der Waals surface area contributed by atoms with Gasteiger partial charge in [0.1, 0.15) is 0 Å². The van der Waals surface area contributed by atoms with Crippen molar-refractivity contribution in [2.24, 2.45) is 5.41 Å². The number of hydrogen-bond donors (Lipinski definition) is 1. The Morgan fingerprint density at radius 2 is 1.83 bits per heavy atom. The van der Waals surface area contributed by atoms with Crippen molar-refractivity contribution in [2.45, 2.75) is 19.3 Å². The van der Waals surface area contributed by atoms with Crippen LogP contribution < -0.4 is 0 Å². The standard InChI is InChI=1S/C13H26N2O3/c1-14(2)7-4-8-15(3)11-13(12(16)17)5-9-18-10-6-13/h4-11H2,1-3H3,(H,16,17). The van der Waals surface area contributed by atoms with Gasteiger partial charge in [-0.25, -0.2) is 0 Å². The highest BCUT2D eigenvalue weighted by molar-refractivity contribution is 5.75. The minimum Gasteiger partial charge on any atom is -0.481 e. The monoisotopic (exact) mass is 258 g/mol. The zero-order chi connectivity index (χ0) is 13.6. The van der Waals surface area contributed by atoms with Crippen LogP contribution in [0, 0.1) is 5.41 Å². The zero-order valence-electron chi connectivity index (χ0n) is 11.8. The molecule has 1 N–H and O–H groups in total. The Morgan fingerprint density at radius 1 is 1.22 bits per heavy atom. The Bertz CT molecular complexity index is 263. The number of carbonyl (C=O) groups is 1. The summed E-state index contributed by atoms with van der Waals surface area (Å²) in [5.74, 6) is -0.676. The smallest absolute Gasteiger partial charge is 0.311 e. The molecule has 0 aromatic carbocycles. The van der Waals surface area contributed by atoms with Gasteiger partial charge in [-0.1, -0.05) is 0 Å². The maximum atomic E-state index is 11.5. The van der Waals surface area contributed by atoms with Crippen LogP contribution in [0.25, 0.3) is 0 Å². The summed E-state index contributed by atoms with van der Waals surface area (Å²) in [6.07, 6.45) is 2.32. The fourth-order valence-electron chi connectivity index (χ4n) is 2.45. The first-order valence-electron chi connectivity index (χ1n) is 6.61. The van der Waals surface area contributed by atoms with E-state index in [1.54, 1.807) is 0 Å². The molecular formula is C13H26N2O3. The summed E-state index contributed by atoms with van der Waals surface area (Å²) >= 11 is 0. The summed E-state index contributed by atoms with van der Waals surface area (Å²) in [6.45, 7) is 3.73. The average Bonchev–Trinajstić information content (AvgIpc) is 2.29. The molecule has 18 heavy (non-hydrogen) atoms. The number of carboxylic acids is 1.